The molecule has 1 aromatic rings. The van der Waals surface area contributed by atoms with Crippen LogP contribution >= 0.6 is 35.0 Å². The first-order chi connectivity index (χ1) is 9.92. The highest BCUT2D eigenvalue weighted by Gasteiger charge is 2.35. The molecular weight excluding hydrogens is 329 g/mol. The Balaban J connectivity index is 2.02. The highest BCUT2D eigenvalue weighted by Crippen LogP contribution is 2.27. The molecule has 116 valence electrons. The van der Waals surface area contributed by atoms with Crippen LogP contribution < -0.4 is 5.32 Å². The number of thioether (sulfide) groups is 1. The fourth-order valence-electron chi connectivity index (χ4n) is 2.43. The van der Waals surface area contributed by atoms with Crippen molar-refractivity contribution in [3.63, 3.8) is 0 Å². The average molecular weight is 348 g/mol. The van der Waals surface area contributed by atoms with Gasteiger partial charge >= 0.3 is 6.03 Å². The van der Waals surface area contributed by atoms with Gasteiger partial charge in [0.15, 0.2) is 0 Å². The third-order valence-corrected chi connectivity index (χ3v) is 5.47. The Morgan fingerprint density at radius 2 is 2.05 bits per heavy atom. The van der Waals surface area contributed by atoms with Gasteiger partial charge in [-0.15, -0.1) is 0 Å². The number of hydrogen-bond donors (Lipinski definition) is 1. The molecule has 21 heavy (non-hydrogen) atoms. The number of likely N-dealkylation sites (N-methyl/N-ethyl adjacent to an activating group) is 1. The molecule has 1 aromatic carbocycles. The van der Waals surface area contributed by atoms with E-state index in [1.54, 1.807) is 30.0 Å². The third kappa shape index (κ3) is 3.97. The molecule has 2 amide bonds. The van der Waals surface area contributed by atoms with Crippen LogP contribution in [0, 0.1) is 0 Å². The van der Waals surface area contributed by atoms with E-state index < -0.39 is 0 Å². The topological polar surface area (TPSA) is 35.6 Å². The van der Waals surface area contributed by atoms with E-state index in [4.69, 9.17) is 23.2 Å². The molecule has 0 aliphatic carbocycles. The first-order valence-electron chi connectivity index (χ1n) is 6.62. The van der Waals surface area contributed by atoms with Gasteiger partial charge in [-0.1, -0.05) is 23.2 Å². The first kappa shape index (κ1) is 16.7. The molecular formula is C14H19Cl2N3OS. The fourth-order valence-corrected chi connectivity index (χ4v) is 3.70. The minimum absolute atomic E-state index is 0.100. The maximum Gasteiger partial charge on any atom is 0.321 e. The summed E-state index contributed by atoms with van der Waals surface area (Å²) < 4.78 is 0. The number of nitrogens with one attached hydrogen (secondary N) is 1. The van der Waals surface area contributed by atoms with E-state index in [-0.39, 0.29) is 6.03 Å². The van der Waals surface area contributed by atoms with Gasteiger partial charge in [0.05, 0.1) is 10.0 Å². The van der Waals surface area contributed by atoms with Crippen LogP contribution in [0.2, 0.25) is 10.0 Å². The van der Waals surface area contributed by atoms with Crippen molar-refractivity contribution in [2.75, 3.05) is 38.8 Å². The van der Waals surface area contributed by atoms with Crippen molar-refractivity contribution < 1.29 is 4.79 Å². The number of rotatable bonds is 3. The smallest absolute Gasteiger partial charge is 0.321 e. The number of amides is 2. The van der Waals surface area contributed by atoms with Crippen molar-refractivity contribution >= 4 is 46.7 Å². The Kier molecular flexibility index (Phi) is 5.66. The molecule has 0 saturated carbocycles. The zero-order valence-electron chi connectivity index (χ0n) is 12.3. The van der Waals surface area contributed by atoms with Crippen molar-refractivity contribution in [1.29, 1.82) is 0 Å². The summed E-state index contributed by atoms with van der Waals surface area (Å²) in [5.74, 6) is 0. The third-order valence-electron chi connectivity index (χ3n) is 3.66. The van der Waals surface area contributed by atoms with E-state index in [2.05, 4.69) is 16.5 Å². The van der Waals surface area contributed by atoms with Crippen LogP contribution in [0.25, 0.3) is 0 Å². The Morgan fingerprint density at radius 1 is 1.33 bits per heavy atom. The molecule has 1 aliphatic heterocycles. The van der Waals surface area contributed by atoms with Gasteiger partial charge in [0.25, 0.3) is 0 Å². The molecule has 0 aromatic heterocycles. The van der Waals surface area contributed by atoms with Gasteiger partial charge in [-0.25, -0.2) is 4.79 Å². The number of likely N-dealkylation sites (tertiary alicyclic amines) is 1. The van der Waals surface area contributed by atoms with Crippen molar-refractivity contribution in [2.24, 2.45) is 0 Å². The van der Waals surface area contributed by atoms with Crippen molar-refractivity contribution in [2.45, 2.75) is 11.3 Å². The number of anilines is 1. The van der Waals surface area contributed by atoms with Crippen LogP contribution in [-0.2, 0) is 0 Å². The van der Waals surface area contributed by atoms with Crippen LogP contribution in [-0.4, -0.2) is 60.6 Å². The molecule has 2 rings (SSSR count). The number of nitrogens with zero attached hydrogens (tertiary/aromatic N) is 2. The molecule has 4 nitrogen and oxygen atoms in total. The number of urea groups is 1. The van der Waals surface area contributed by atoms with Crippen molar-refractivity contribution in [3.05, 3.63) is 28.2 Å². The van der Waals surface area contributed by atoms with Gasteiger partial charge in [0, 0.05) is 30.1 Å². The fraction of sp³-hybridized carbons (Fsp3) is 0.500. The molecule has 0 bridgehead atoms. The lowest BCUT2D eigenvalue weighted by Crippen LogP contribution is -2.38. The highest BCUT2D eigenvalue weighted by atomic mass is 35.5. The normalized spacial score (nSPS) is 21.9. The summed E-state index contributed by atoms with van der Waals surface area (Å²) in [6.45, 7) is 1.48. The molecule has 0 spiro atoms. The van der Waals surface area contributed by atoms with Crippen molar-refractivity contribution in [3.8, 4) is 0 Å². The van der Waals surface area contributed by atoms with Crippen LogP contribution in [0.3, 0.4) is 0 Å². The van der Waals surface area contributed by atoms with Gasteiger partial charge in [0.1, 0.15) is 0 Å². The maximum absolute atomic E-state index is 12.4. The van der Waals surface area contributed by atoms with Gasteiger partial charge in [-0.05, 0) is 38.6 Å². The maximum atomic E-state index is 12.4. The summed E-state index contributed by atoms with van der Waals surface area (Å²) in [5, 5.41) is 4.21. The lowest BCUT2D eigenvalue weighted by molar-refractivity contribution is 0.216. The van der Waals surface area contributed by atoms with E-state index in [0.29, 0.717) is 27.0 Å². The predicted octanol–water partition coefficient (Wildman–Crippen LogP) is 3.50. The standard InChI is InChI=1S/C14H19Cl2N3OS/c1-18(2)12-7-19(8-13(12)21-3)14(20)17-9-4-5-10(15)11(16)6-9/h4-6,12-13H,7-8H2,1-3H3,(H,17,20). The molecule has 7 heteroatoms. The number of carbonyl (C=O) groups is 1. The monoisotopic (exact) mass is 347 g/mol. The van der Waals surface area contributed by atoms with E-state index in [1.165, 1.54) is 0 Å². The zero-order chi connectivity index (χ0) is 15.6. The van der Waals surface area contributed by atoms with Crippen LogP contribution in [0.4, 0.5) is 10.5 Å². The largest absolute Gasteiger partial charge is 0.322 e. The SMILES string of the molecule is CSC1CN(C(=O)Nc2ccc(Cl)c(Cl)c2)CC1N(C)C. The molecule has 2 unspecified atom stereocenters. The van der Waals surface area contributed by atoms with Gasteiger partial charge in [-0.2, -0.15) is 11.8 Å². The van der Waals surface area contributed by atoms with Crippen LogP contribution in [0.15, 0.2) is 18.2 Å². The minimum atomic E-state index is -0.100. The number of halogens is 2. The molecule has 2 atom stereocenters. The Morgan fingerprint density at radius 3 is 2.57 bits per heavy atom. The Labute approximate surface area is 139 Å². The summed E-state index contributed by atoms with van der Waals surface area (Å²) in [7, 11) is 4.10. The summed E-state index contributed by atoms with van der Waals surface area (Å²) in [6, 6.07) is 5.36. The van der Waals surface area contributed by atoms with E-state index in [1.807, 2.05) is 19.0 Å². The zero-order valence-corrected chi connectivity index (χ0v) is 14.6. The van der Waals surface area contributed by atoms with E-state index >= 15 is 0 Å². The Bertz CT molecular complexity index is 527. The van der Waals surface area contributed by atoms with Gasteiger partial charge < -0.3 is 15.1 Å². The van der Waals surface area contributed by atoms with Crippen LogP contribution in [0.1, 0.15) is 0 Å². The minimum Gasteiger partial charge on any atom is -0.322 e. The predicted molar refractivity (Wildman–Crippen MR) is 91.8 cm³/mol. The van der Waals surface area contributed by atoms with Gasteiger partial charge in [0.2, 0.25) is 0 Å². The van der Waals surface area contributed by atoms with Crippen molar-refractivity contribution in [1.82, 2.24) is 9.80 Å². The number of carbonyl (C=O) groups excluding carboxylic acids is 1. The van der Waals surface area contributed by atoms with Crippen LogP contribution in [0.5, 0.6) is 0 Å². The number of benzene rings is 1. The lowest BCUT2D eigenvalue weighted by Gasteiger charge is -2.23. The molecule has 1 saturated heterocycles. The summed E-state index contributed by atoms with van der Waals surface area (Å²) >= 11 is 13.6. The second kappa shape index (κ2) is 7.09. The molecule has 1 heterocycles. The first-order valence-corrected chi connectivity index (χ1v) is 8.67. The Hall–Kier alpha value is -0.620. The molecule has 0 radical (unpaired) electrons. The van der Waals surface area contributed by atoms with E-state index in [0.717, 1.165) is 13.1 Å². The second-order valence-corrected chi connectivity index (χ2v) is 7.16. The van der Waals surface area contributed by atoms with E-state index in [9.17, 15) is 4.79 Å². The quantitative estimate of drug-likeness (QED) is 0.908. The lowest BCUT2D eigenvalue weighted by atomic mass is 10.2. The number of hydrogen-bond acceptors (Lipinski definition) is 3. The average Bonchev–Trinajstić information content (AvgIpc) is 2.87. The molecule has 1 fully saturated rings. The molecule has 1 N–H and O–H groups in total. The molecule has 1 aliphatic rings. The summed E-state index contributed by atoms with van der Waals surface area (Å²) in [4.78, 5) is 16.4. The summed E-state index contributed by atoms with van der Waals surface area (Å²) in [6.07, 6.45) is 2.08. The second-order valence-electron chi connectivity index (χ2n) is 5.27. The summed E-state index contributed by atoms with van der Waals surface area (Å²) in [5.41, 5.74) is 0.656. The van der Waals surface area contributed by atoms with Gasteiger partial charge in [-0.3, -0.25) is 0 Å². The highest BCUT2D eigenvalue weighted by molar-refractivity contribution is 7.99.